The minimum atomic E-state index is -3.74. The standard InChI is InChI=1S/C29H24ClN3O3S2/c1-32(19-21-9-4-2-5-10-21)38(35,36)24-17-15-23(16-18-24)28(34)33(20-22-11-6-3-7-12-22)29-31-27-25(30)13-8-14-26(27)37-29/h2-18H,19-20H2,1H3. The molecular formula is C29H24ClN3O3S2. The first-order valence-corrected chi connectivity index (χ1v) is 14.5. The number of fused-ring (bicyclic) bond motifs is 1. The van der Waals surface area contributed by atoms with Crippen molar-refractivity contribution in [3.05, 3.63) is 125 Å². The highest BCUT2D eigenvalue weighted by atomic mass is 35.5. The number of nitrogens with zero attached hydrogens (tertiary/aromatic N) is 3. The number of carbonyl (C=O) groups excluding carboxylic acids is 1. The van der Waals surface area contributed by atoms with E-state index in [4.69, 9.17) is 11.6 Å². The summed E-state index contributed by atoms with van der Waals surface area (Å²) in [6.07, 6.45) is 0. The fraction of sp³-hybridized carbons (Fsp3) is 0.103. The molecule has 0 unspecified atom stereocenters. The molecule has 0 spiro atoms. The molecule has 0 aliphatic carbocycles. The third-order valence-corrected chi connectivity index (χ3v) is 9.24. The molecule has 9 heteroatoms. The summed E-state index contributed by atoms with van der Waals surface area (Å²) >= 11 is 7.73. The normalized spacial score (nSPS) is 11.7. The fourth-order valence-electron chi connectivity index (χ4n) is 4.04. The number of benzene rings is 4. The Morgan fingerprint density at radius 2 is 1.42 bits per heavy atom. The van der Waals surface area contributed by atoms with Crippen LogP contribution in [-0.4, -0.2) is 30.7 Å². The van der Waals surface area contributed by atoms with E-state index in [0.29, 0.717) is 27.8 Å². The highest BCUT2D eigenvalue weighted by Crippen LogP contribution is 2.34. The van der Waals surface area contributed by atoms with Gasteiger partial charge in [-0.15, -0.1) is 0 Å². The smallest absolute Gasteiger partial charge is 0.260 e. The molecule has 5 rings (SSSR count). The van der Waals surface area contributed by atoms with Crippen LogP contribution in [-0.2, 0) is 23.1 Å². The van der Waals surface area contributed by atoms with E-state index in [1.54, 1.807) is 30.1 Å². The molecule has 0 aliphatic heterocycles. The first kappa shape index (κ1) is 26.1. The van der Waals surface area contributed by atoms with Crippen molar-refractivity contribution in [1.29, 1.82) is 0 Å². The summed E-state index contributed by atoms with van der Waals surface area (Å²) in [5, 5.41) is 1.03. The van der Waals surface area contributed by atoms with Crippen LogP contribution in [0.25, 0.3) is 10.2 Å². The monoisotopic (exact) mass is 561 g/mol. The fourth-order valence-corrected chi connectivity index (χ4v) is 6.46. The van der Waals surface area contributed by atoms with Gasteiger partial charge in [-0.25, -0.2) is 13.4 Å². The number of anilines is 1. The van der Waals surface area contributed by atoms with Crippen LogP contribution in [0.1, 0.15) is 21.5 Å². The number of hydrogen-bond acceptors (Lipinski definition) is 5. The maximum absolute atomic E-state index is 13.7. The second kappa shape index (κ2) is 11.0. The minimum Gasteiger partial charge on any atom is -0.279 e. The van der Waals surface area contributed by atoms with E-state index in [9.17, 15) is 13.2 Å². The lowest BCUT2D eigenvalue weighted by atomic mass is 10.1. The number of amides is 1. The molecule has 0 fully saturated rings. The van der Waals surface area contributed by atoms with E-state index in [-0.39, 0.29) is 17.3 Å². The average molecular weight is 562 g/mol. The van der Waals surface area contributed by atoms with Gasteiger partial charge in [0.25, 0.3) is 5.91 Å². The first-order valence-electron chi connectivity index (χ1n) is 11.8. The third kappa shape index (κ3) is 5.49. The molecule has 5 aromatic rings. The Hall–Kier alpha value is -3.56. The van der Waals surface area contributed by atoms with E-state index in [0.717, 1.165) is 15.8 Å². The molecule has 0 saturated heterocycles. The Morgan fingerprint density at radius 1 is 0.816 bits per heavy atom. The van der Waals surface area contributed by atoms with Gasteiger partial charge in [0.1, 0.15) is 5.52 Å². The lowest BCUT2D eigenvalue weighted by molar-refractivity contribution is 0.0985. The zero-order valence-corrected chi connectivity index (χ0v) is 22.9. The van der Waals surface area contributed by atoms with Gasteiger partial charge in [0.15, 0.2) is 5.13 Å². The maximum atomic E-state index is 13.7. The summed E-state index contributed by atoms with van der Waals surface area (Å²) in [5.41, 5.74) is 2.82. The number of sulfonamides is 1. The van der Waals surface area contributed by atoms with E-state index >= 15 is 0 Å². The summed E-state index contributed by atoms with van der Waals surface area (Å²) in [5.74, 6) is -0.286. The number of aromatic nitrogens is 1. The molecule has 0 saturated carbocycles. The Labute approximate surface area is 230 Å². The first-order chi connectivity index (χ1) is 18.3. The average Bonchev–Trinajstić information content (AvgIpc) is 3.38. The van der Waals surface area contributed by atoms with Crippen molar-refractivity contribution >= 4 is 54.2 Å². The van der Waals surface area contributed by atoms with Crippen LogP contribution in [0.15, 0.2) is 108 Å². The van der Waals surface area contributed by atoms with Gasteiger partial charge in [-0.05, 0) is 47.5 Å². The highest BCUT2D eigenvalue weighted by Gasteiger charge is 2.25. The van der Waals surface area contributed by atoms with Crippen LogP contribution < -0.4 is 4.90 Å². The predicted molar refractivity (Wildman–Crippen MR) is 153 cm³/mol. The van der Waals surface area contributed by atoms with Gasteiger partial charge in [-0.2, -0.15) is 4.31 Å². The summed E-state index contributed by atoms with van der Waals surface area (Å²) in [4.78, 5) is 20.1. The number of hydrogen-bond donors (Lipinski definition) is 0. The van der Waals surface area contributed by atoms with Gasteiger partial charge in [0.2, 0.25) is 10.0 Å². The molecule has 0 N–H and O–H groups in total. The number of rotatable bonds is 8. The van der Waals surface area contributed by atoms with Crippen molar-refractivity contribution in [3.8, 4) is 0 Å². The highest BCUT2D eigenvalue weighted by molar-refractivity contribution is 7.89. The summed E-state index contributed by atoms with van der Waals surface area (Å²) in [7, 11) is -2.20. The molecule has 4 aromatic carbocycles. The molecule has 1 heterocycles. The van der Waals surface area contributed by atoms with Crippen LogP contribution in [0.5, 0.6) is 0 Å². The molecule has 1 aromatic heterocycles. The predicted octanol–water partition coefficient (Wildman–Crippen LogP) is 6.62. The molecule has 6 nitrogen and oxygen atoms in total. The van der Waals surface area contributed by atoms with Crippen LogP contribution in [0, 0.1) is 0 Å². The van der Waals surface area contributed by atoms with Crippen molar-refractivity contribution in [2.24, 2.45) is 0 Å². The molecular weight excluding hydrogens is 538 g/mol. The molecule has 0 radical (unpaired) electrons. The van der Waals surface area contributed by atoms with Gasteiger partial charge in [0.05, 0.1) is 21.2 Å². The maximum Gasteiger partial charge on any atom is 0.260 e. The van der Waals surface area contributed by atoms with Crippen LogP contribution in [0.2, 0.25) is 5.02 Å². The van der Waals surface area contributed by atoms with Gasteiger partial charge in [-0.1, -0.05) is 89.7 Å². The van der Waals surface area contributed by atoms with Gasteiger partial charge in [-0.3, -0.25) is 9.69 Å². The Balaban J connectivity index is 1.44. The van der Waals surface area contributed by atoms with Crippen LogP contribution >= 0.6 is 22.9 Å². The Kier molecular flexibility index (Phi) is 7.58. The topological polar surface area (TPSA) is 70.6 Å². The third-order valence-electron chi connectivity index (χ3n) is 6.08. The largest absolute Gasteiger partial charge is 0.279 e. The molecule has 38 heavy (non-hydrogen) atoms. The Bertz CT molecular complexity index is 1670. The molecule has 192 valence electrons. The van der Waals surface area contributed by atoms with Crippen molar-refractivity contribution in [1.82, 2.24) is 9.29 Å². The van der Waals surface area contributed by atoms with E-state index in [1.165, 1.54) is 27.8 Å². The number of thiazole rings is 1. The Morgan fingerprint density at radius 3 is 2.03 bits per heavy atom. The second-order valence-corrected chi connectivity index (χ2v) is 12.2. The SMILES string of the molecule is CN(Cc1ccccc1)S(=O)(=O)c1ccc(C(=O)N(Cc2ccccc2)c2nc3c(Cl)cccc3s2)cc1. The van der Waals surface area contributed by atoms with Crippen molar-refractivity contribution in [2.75, 3.05) is 11.9 Å². The molecule has 0 atom stereocenters. The van der Waals surface area contributed by atoms with Crippen LogP contribution in [0.3, 0.4) is 0 Å². The summed E-state index contributed by atoms with van der Waals surface area (Å²) in [6.45, 7) is 0.547. The lowest BCUT2D eigenvalue weighted by Crippen LogP contribution is -2.30. The van der Waals surface area contributed by atoms with E-state index < -0.39 is 10.0 Å². The van der Waals surface area contributed by atoms with E-state index in [2.05, 4.69) is 4.98 Å². The lowest BCUT2D eigenvalue weighted by Gasteiger charge is -2.21. The summed E-state index contributed by atoms with van der Waals surface area (Å²) in [6, 6.07) is 30.6. The van der Waals surface area contributed by atoms with Gasteiger partial charge < -0.3 is 0 Å². The molecule has 0 aliphatic rings. The quantitative estimate of drug-likeness (QED) is 0.213. The zero-order chi connectivity index (χ0) is 26.7. The number of para-hydroxylation sites is 1. The van der Waals surface area contributed by atoms with Gasteiger partial charge >= 0.3 is 0 Å². The number of halogens is 1. The van der Waals surface area contributed by atoms with Gasteiger partial charge in [0, 0.05) is 19.2 Å². The van der Waals surface area contributed by atoms with Crippen molar-refractivity contribution in [3.63, 3.8) is 0 Å². The second-order valence-electron chi connectivity index (χ2n) is 8.73. The molecule has 1 amide bonds. The zero-order valence-electron chi connectivity index (χ0n) is 20.5. The van der Waals surface area contributed by atoms with Crippen molar-refractivity contribution in [2.45, 2.75) is 18.0 Å². The number of carbonyl (C=O) groups is 1. The van der Waals surface area contributed by atoms with E-state index in [1.807, 2.05) is 72.8 Å². The van der Waals surface area contributed by atoms with Crippen molar-refractivity contribution < 1.29 is 13.2 Å². The minimum absolute atomic E-state index is 0.119. The van der Waals surface area contributed by atoms with Crippen LogP contribution in [0.4, 0.5) is 5.13 Å². The summed E-state index contributed by atoms with van der Waals surface area (Å²) < 4.78 is 28.5. The molecule has 0 bridgehead atoms.